The standard InChI is InChI=1S/C15H25N3O2/c1-18-14(19)9-13(15(18)20)17-12-7-4-5-10(12)11-6-2-3-8-16-11/h10-13,16-17H,2-9H2,1H3. The molecule has 4 atom stereocenters. The quantitative estimate of drug-likeness (QED) is 0.745. The summed E-state index contributed by atoms with van der Waals surface area (Å²) in [7, 11) is 1.58. The summed E-state index contributed by atoms with van der Waals surface area (Å²) in [6, 6.07) is 0.689. The molecule has 4 unspecified atom stereocenters. The van der Waals surface area contributed by atoms with Crippen molar-refractivity contribution in [2.75, 3.05) is 13.6 Å². The number of amides is 2. The molecule has 0 aromatic rings. The van der Waals surface area contributed by atoms with Crippen molar-refractivity contribution < 1.29 is 9.59 Å². The number of carbonyl (C=O) groups is 2. The van der Waals surface area contributed by atoms with Gasteiger partial charge in [-0.25, -0.2) is 0 Å². The predicted octanol–water partition coefficient (Wildman–Crippen LogP) is 0.644. The molecule has 3 aliphatic rings. The van der Waals surface area contributed by atoms with E-state index >= 15 is 0 Å². The summed E-state index contributed by atoms with van der Waals surface area (Å²) in [6.45, 7) is 1.12. The van der Waals surface area contributed by atoms with E-state index in [4.69, 9.17) is 0 Å². The summed E-state index contributed by atoms with van der Waals surface area (Å²) in [5, 5.41) is 7.13. The largest absolute Gasteiger partial charge is 0.314 e. The highest BCUT2D eigenvalue weighted by atomic mass is 16.2. The third kappa shape index (κ3) is 2.61. The molecule has 0 bridgehead atoms. The minimum atomic E-state index is -0.290. The Labute approximate surface area is 120 Å². The van der Waals surface area contributed by atoms with Gasteiger partial charge in [-0.15, -0.1) is 0 Å². The van der Waals surface area contributed by atoms with Crippen LogP contribution in [0.1, 0.15) is 44.9 Å². The van der Waals surface area contributed by atoms with Crippen LogP contribution >= 0.6 is 0 Å². The van der Waals surface area contributed by atoms with E-state index in [1.165, 1.54) is 37.0 Å². The van der Waals surface area contributed by atoms with Gasteiger partial charge < -0.3 is 10.6 Å². The fourth-order valence-corrected chi connectivity index (χ4v) is 4.07. The average molecular weight is 279 g/mol. The number of likely N-dealkylation sites (tertiary alicyclic amines) is 1. The number of nitrogens with one attached hydrogen (secondary N) is 2. The van der Waals surface area contributed by atoms with Gasteiger partial charge in [-0.1, -0.05) is 12.8 Å². The number of hydrogen-bond donors (Lipinski definition) is 2. The van der Waals surface area contributed by atoms with E-state index in [9.17, 15) is 9.59 Å². The molecular formula is C15H25N3O2. The van der Waals surface area contributed by atoms with Crippen LogP contribution in [0.25, 0.3) is 0 Å². The fourth-order valence-electron chi connectivity index (χ4n) is 4.07. The van der Waals surface area contributed by atoms with E-state index in [2.05, 4.69) is 10.6 Å². The van der Waals surface area contributed by atoms with Crippen LogP contribution in [-0.2, 0) is 9.59 Å². The zero-order valence-electron chi connectivity index (χ0n) is 12.2. The van der Waals surface area contributed by atoms with Gasteiger partial charge in [0, 0.05) is 19.1 Å². The molecule has 2 heterocycles. The molecule has 3 fully saturated rings. The molecule has 5 nitrogen and oxygen atoms in total. The Hall–Kier alpha value is -0.940. The van der Waals surface area contributed by atoms with Crippen LogP contribution in [0.5, 0.6) is 0 Å². The highest BCUT2D eigenvalue weighted by Crippen LogP contribution is 2.32. The number of rotatable bonds is 3. The van der Waals surface area contributed by atoms with Crippen LogP contribution in [-0.4, -0.2) is 48.4 Å². The van der Waals surface area contributed by atoms with Crippen LogP contribution in [0.2, 0.25) is 0 Å². The zero-order chi connectivity index (χ0) is 14.1. The first-order chi connectivity index (χ1) is 9.66. The summed E-state index contributed by atoms with van der Waals surface area (Å²) < 4.78 is 0. The molecule has 3 rings (SSSR count). The van der Waals surface area contributed by atoms with E-state index in [0.29, 0.717) is 24.4 Å². The lowest BCUT2D eigenvalue weighted by atomic mass is 9.88. The van der Waals surface area contributed by atoms with Gasteiger partial charge in [0.1, 0.15) is 0 Å². The van der Waals surface area contributed by atoms with Crippen molar-refractivity contribution in [2.45, 2.75) is 63.1 Å². The second-order valence-electron chi connectivity index (χ2n) is 6.47. The van der Waals surface area contributed by atoms with E-state index in [1.807, 2.05) is 0 Å². The molecule has 2 amide bonds. The molecule has 112 valence electrons. The van der Waals surface area contributed by atoms with Gasteiger partial charge >= 0.3 is 0 Å². The molecule has 20 heavy (non-hydrogen) atoms. The molecule has 0 aromatic heterocycles. The van der Waals surface area contributed by atoms with E-state index in [0.717, 1.165) is 13.0 Å². The summed E-state index contributed by atoms with van der Waals surface area (Å²) in [6.07, 6.45) is 7.76. The number of hydrogen-bond acceptors (Lipinski definition) is 4. The van der Waals surface area contributed by atoms with E-state index in [-0.39, 0.29) is 17.9 Å². The number of carbonyl (C=O) groups excluding carboxylic acids is 2. The first-order valence-corrected chi connectivity index (χ1v) is 7.96. The Morgan fingerprint density at radius 3 is 2.65 bits per heavy atom. The molecule has 0 aromatic carbocycles. The Balaban J connectivity index is 1.61. The van der Waals surface area contributed by atoms with Gasteiger partial charge in [-0.2, -0.15) is 0 Å². The molecule has 0 radical (unpaired) electrons. The second kappa shape index (κ2) is 5.82. The molecule has 2 saturated heterocycles. The highest BCUT2D eigenvalue weighted by molar-refractivity contribution is 6.05. The minimum absolute atomic E-state index is 0.0576. The lowest BCUT2D eigenvalue weighted by molar-refractivity contribution is -0.137. The minimum Gasteiger partial charge on any atom is -0.314 e. The fraction of sp³-hybridized carbons (Fsp3) is 0.867. The number of piperidine rings is 1. The monoisotopic (exact) mass is 279 g/mol. The third-order valence-corrected chi connectivity index (χ3v) is 5.23. The van der Waals surface area contributed by atoms with Crippen molar-refractivity contribution in [1.82, 2.24) is 15.5 Å². The van der Waals surface area contributed by atoms with Crippen LogP contribution in [0.3, 0.4) is 0 Å². The van der Waals surface area contributed by atoms with Crippen LogP contribution in [0.15, 0.2) is 0 Å². The Bertz CT molecular complexity index is 393. The van der Waals surface area contributed by atoms with Gasteiger partial charge in [0.25, 0.3) is 0 Å². The van der Waals surface area contributed by atoms with Crippen molar-refractivity contribution >= 4 is 11.8 Å². The maximum absolute atomic E-state index is 12.0. The van der Waals surface area contributed by atoms with Crippen molar-refractivity contribution in [3.05, 3.63) is 0 Å². The summed E-state index contributed by atoms with van der Waals surface area (Å²) in [4.78, 5) is 24.9. The Kier molecular flexibility index (Phi) is 4.08. The van der Waals surface area contributed by atoms with Gasteiger partial charge in [0.15, 0.2) is 0 Å². The topological polar surface area (TPSA) is 61.4 Å². The lowest BCUT2D eigenvalue weighted by Crippen LogP contribution is -2.50. The Morgan fingerprint density at radius 1 is 1.15 bits per heavy atom. The van der Waals surface area contributed by atoms with E-state index < -0.39 is 0 Å². The van der Waals surface area contributed by atoms with E-state index in [1.54, 1.807) is 7.05 Å². The maximum Gasteiger partial charge on any atom is 0.246 e. The lowest BCUT2D eigenvalue weighted by Gasteiger charge is -2.34. The smallest absolute Gasteiger partial charge is 0.246 e. The SMILES string of the molecule is CN1C(=O)CC(NC2CCCC2C2CCCCN2)C1=O. The van der Waals surface area contributed by atoms with Gasteiger partial charge in [0.05, 0.1) is 12.5 Å². The molecule has 0 spiro atoms. The summed E-state index contributed by atoms with van der Waals surface area (Å²) >= 11 is 0. The number of likely N-dealkylation sites (N-methyl/N-ethyl adjacent to an activating group) is 1. The average Bonchev–Trinajstić information content (AvgIpc) is 3.02. The predicted molar refractivity (Wildman–Crippen MR) is 76.1 cm³/mol. The van der Waals surface area contributed by atoms with Gasteiger partial charge in [0.2, 0.25) is 11.8 Å². The Morgan fingerprint density at radius 2 is 2.00 bits per heavy atom. The number of nitrogens with zero attached hydrogens (tertiary/aromatic N) is 1. The van der Waals surface area contributed by atoms with Crippen LogP contribution in [0, 0.1) is 5.92 Å². The van der Waals surface area contributed by atoms with Crippen molar-refractivity contribution in [1.29, 1.82) is 0 Å². The molecule has 2 aliphatic heterocycles. The molecule has 1 saturated carbocycles. The second-order valence-corrected chi connectivity index (χ2v) is 6.47. The third-order valence-electron chi connectivity index (χ3n) is 5.23. The zero-order valence-corrected chi connectivity index (χ0v) is 12.2. The van der Waals surface area contributed by atoms with Gasteiger partial charge in [-0.3, -0.25) is 14.5 Å². The van der Waals surface area contributed by atoms with Crippen LogP contribution < -0.4 is 10.6 Å². The van der Waals surface area contributed by atoms with Gasteiger partial charge in [-0.05, 0) is 38.1 Å². The van der Waals surface area contributed by atoms with Crippen molar-refractivity contribution in [2.24, 2.45) is 5.92 Å². The summed E-state index contributed by atoms with van der Waals surface area (Å²) in [5.74, 6) is 0.499. The first-order valence-electron chi connectivity index (χ1n) is 7.96. The molecule has 2 N–H and O–H groups in total. The molecule has 1 aliphatic carbocycles. The maximum atomic E-state index is 12.0. The first kappa shape index (κ1) is 14.0. The van der Waals surface area contributed by atoms with Crippen molar-refractivity contribution in [3.63, 3.8) is 0 Å². The highest BCUT2D eigenvalue weighted by Gasteiger charge is 2.41. The van der Waals surface area contributed by atoms with Crippen molar-refractivity contribution in [3.8, 4) is 0 Å². The molecule has 5 heteroatoms. The number of imide groups is 1. The normalized spacial score (nSPS) is 38.8. The summed E-state index contributed by atoms with van der Waals surface area (Å²) in [5.41, 5.74) is 0. The molecular weight excluding hydrogens is 254 g/mol. The van der Waals surface area contributed by atoms with Crippen LogP contribution in [0.4, 0.5) is 0 Å².